The molecule has 0 spiro atoms. The lowest BCUT2D eigenvalue weighted by atomic mass is 9.92. The lowest BCUT2D eigenvalue weighted by molar-refractivity contribution is -0.136. The highest BCUT2D eigenvalue weighted by Gasteiger charge is 2.45. The molecule has 0 radical (unpaired) electrons. The summed E-state index contributed by atoms with van der Waals surface area (Å²) in [6.45, 7) is 7.22. The Labute approximate surface area is 342 Å². The van der Waals surface area contributed by atoms with Crippen molar-refractivity contribution >= 4 is 52.5 Å². The quantitative estimate of drug-likeness (QED) is 0.309. The topological polar surface area (TPSA) is 147 Å². The van der Waals surface area contributed by atoms with Crippen molar-refractivity contribution in [2.75, 3.05) is 55.6 Å². The number of anilines is 2. The first-order chi connectivity index (χ1) is 28.1. The fourth-order valence-corrected chi connectivity index (χ4v) is 9.94. The van der Waals surface area contributed by atoms with Crippen LogP contribution in [-0.2, 0) is 16.1 Å². The number of rotatable bonds is 8. The van der Waals surface area contributed by atoms with Gasteiger partial charge in [-0.25, -0.2) is 0 Å². The molecule has 300 valence electrons. The fourth-order valence-electron chi connectivity index (χ4n) is 9.73. The van der Waals surface area contributed by atoms with Crippen LogP contribution in [0.3, 0.4) is 0 Å². The third-order valence-corrected chi connectivity index (χ3v) is 13.3. The first-order valence-corrected chi connectivity index (χ1v) is 20.9. The number of carbonyl (C=O) groups is 5. The van der Waals surface area contributed by atoms with Gasteiger partial charge in [0, 0.05) is 87.8 Å². The zero-order valence-corrected chi connectivity index (χ0v) is 33.1. The zero-order valence-electron chi connectivity index (χ0n) is 32.3. The van der Waals surface area contributed by atoms with Crippen LogP contribution in [-0.4, -0.2) is 108 Å². The number of nitrogens with zero attached hydrogens (tertiary/aromatic N) is 6. The SMILES string of the molecule is N#Cc1ccc(OC2CCC(N3Cc4cc(N5CCN(CC6CCN(c7ccc8c(c7)C(=O)N(C7CCC(=O)NC7=O)C8=O)CC6)CC5)ccc4C3=O)CC2)cc1Cl. The lowest BCUT2D eigenvalue weighted by Gasteiger charge is -2.40. The van der Waals surface area contributed by atoms with Crippen molar-refractivity contribution in [1.82, 2.24) is 20.0 Å². The number of piperazine rings is 1. The molecule has 3 saturated heterocycles. The predicted octanol–water partition coefficient (Wildman–Crippen LogP) is 5.00. The van der Waals surface area contributed by atoms with E-state index >= 15 is 0 Å². The van der Waals surface area contributed by atoms with Gasteiger partial charge in [0.1, 0.15) is 17.9 Å². The van der Waals surface area contributed by atoms with Gasteiger partial charge < -0.3 is 19.4 Å². The number of ether oxygens (including phenoxy) is 1. The maximum atomic E-state index is 13.5. The summed E-state index contributed by atoms with van der Waals surface area (Å²) in [7, 11) is 0. The van der Waals surface area contributed by atoms with Crippen LogP contribution in [0.4, 0.5) is 11.4 Å². The van der Waals surface area contributed by atoms with Gasteiger partial charge in [-0.2, -0.15) is 5.26 Å². The van der Waals surface area contributed by atoms with E-state index in [0.717, 1.165) is 106 Å². The molecule has 14 heteroatoms. The Hall–Kier alpha value is -5.45. The number of carbonyl (C=O) groups excluding carboxylic acids is 5. The molecule has 3 aromatic carbocycles. The van der Waals surface area contributed by atoms with E-state index in [1.165, 1.54) is 5.69 Å². The molecule has 5 aliphatic heterocycles. The molecule has 1 saturated carbocycles. The first-order valence-electron chi connectivity index (χ1n) is 20.5. The molecule has 3 aromatic rings. The Bertz CT molecular complexity index is 2220. The van der Waals surface area contributed by atoms with Crippen molar-refractivity contribution in [3.05, 3.63) is 87.4 Å². The van der Waals surface area contributed by atoms with Crippen LogP contribution in [0.25, 0.3) is 0 Å². The van der Waals surface area contributed by atoms with Crippen LogP contribution in [0, 0.1) is 17.2 Å². The molecule has 1 unspecified atom stereocenters. The standard InChI is InChI=1S/C44H46ClN7O6/c45-38-23-34(6-1-28(38)24-46)58-33-7-2-30(3-8-33)51-26-29-21-31(4-9-35(29)42(51)55)50-19-17-48(18-20-50)25-27-13-15-49(16-14-27)32-5-10-36-37(22-32)44(57)52(43(36)56)39-11-12-40(53)47-41(39)54/h1,4-6,9-10,21-23,27,30,33,39H,2-3,7-8,11-20,25-26H2,(H,47,53,54). The number of fused-ring (bicyclic) bond motifs is 2. The lowest BCUT2D eigenvalue weighted by Crippen LogP contribution is -2.54. The average molecular weight is 804 g/mol. The molecule has 1 atom stereocenters. The maximum absolute atomic E-state index is 13.5. The van der Waals surface area contributed by atoms with E-state index in [9.17, 15) is 24.0 Å². The summed E-state index contributed by atoms with van der Waals surface area (Å²) in [5, 5.41) is 11.8. The van der Waals surface area contributed by atoms with Crippen molar-refractivity contribution in [3.8, 4) is 11.8 Å². The number of benzene rings is 3. The third-order valence-electron chi connectivity index (χ3n) is 13.0. The van der Waals surface area contributed by atoms with Gasteiger partial charge in [0.2, 0.25) is 11.8 Å². The summed E-state index contributed by atoms with van der Waals surface area (Å²) in [6.07, 6.45) is 5.82. The van der Waals surface area contributed by atoms with Crippen LogP contribution in [0.15, 0.2) is 54.6 Å². The summed E-state index contributed by atoms with van der Waals surface area (Å²) in [4.78, 5) is 74.4. The minimum Gasteiger partial charge on any atom is -0.490 e. The molecule has 1 aliphatic carbocycles. The van der Waals surface area contributed by atoms with Gasteiger partial charge in [0.05, 0.1) is 27.8 Å². The first kappa shape index (κ1) is 38.1. The summed E-state index contributed by atoms with van der Waals surface area (Å²) in [6, 6.07) is 18.2. The van der Waals surface area contributed by atoms with Gasteiger partial charge in [-0.3, -0.25) is 39.1 Å². The Kier molecular flexibility index (Phi) is 10.3. The Morgan fingerprint density at radius 2 is 1.41 bits per heavy atom. The molecule has 0 bridgehead atoms. The van der Waals surface area contributed by atoms with E-state index < -0.39 is 23.8 Å². The summed E-state index contributed by atoms with van der Waals surface area (Å²) < 4.78 is 6.19. The highest BCUT2D eigenvalue weighted by atomic mass is 35.5. The second-order valence-corrected chi connectivity index (χ2v) is 16.9. The number of nitrogens with one attached hydrogen (secondary N) is 1. The smallest absolute Gasteiger partial charge is 0.262 e. The Morgan fingerprint density at radius 3 is 2.12 bits per heavy atom. The van der Waals surface area contributed by atoms with Gasteiger partial charge in [-0.05, 0) is 105 Å². The van der Waals surface area contributed by atoms with Crippen molar-refractivity contribution in [2.45, 2.75) is 76.1 Å². The largest absolute Gasteiger partial charge is 0.490 e. The number of hydrogen-bond acceptors (Lipinski definition) is 10. The van der Waals surface area contributed by atoms with Crippen molar-refractivity contribution in [1.29, 1.82) is 5.26 Å². The van der Waals surface area contributed by atoms with Crippen molar-refractivity contribution in [2.24, 2.45) is 5.92 Å². The summed E-state index contributed by atoms with van der Waals surface area (Å²) >= 11 is 6.20. The van der Waals surface area contributed by atoms with Gasteiger partial charge in [0.15, 0.2) is 0 Å². The van der Waals surface area contributed by atoms with Crippen LogP contribution in [0.2, 0.25) is 5.02 Å². The zero-order chi connectivity index (χ0) is 40.1. The molecule has 9 rings (SSSR count). The highest BCUT2D eigenvalue weighted by molar-refractivity contribution is 6.31. The van der Waals surface area contributed by atoms with Crippen LogP contribution in [0.1, 0.15) is 93.6 Å². The second-order valence-electron chi connectivity index (χ2n) is 16.5. The molecule has 5 amide bonds. The number of imide groups is 2. The predicted molar refractivity (Wildman–Crippen MR) is 216 cm³/mol. The molecule has 0 aromatic heterocycles. The molecular formula is C44H46ClN7O6. The van der Waals surface area contributed by atoms with Crippen LogP contribution in [0.5, 0.6) is 5.75 Å². The van der Waals surface area contributed by atoms with E-state index in [2.05, 4.69) is 43.1 Å². The van der Waals surface area contributed by atoms with E-state index in [1.54, 1.807) is 30.3 Å². The Morgan fingerprint density at radius 1 is 0.724 bits per heavy atom. The molecular weight excluding hydrogens is 758 g/mol. The highest BCUT2D eigenvalue weighted by Crippen LogP contribution is 2.36. The molecule has 1 N–H and O–H groups in total. The number of piperidine rings is 2. The number of amides is 5. The van der Waals surface area contributed by atoms with Crippen molar-refractivity contribution in [3.63, 3.8) is 0 Å². The molecule has 4 fully saturated rings. The summed E-state index contributed by atoms with van der Waals surface area (Å²) in [5.74, 6) is -0.593. The van der Waals surface area contributed by atoms with E-state index in [-0.39, 0.29) is 36.8 Å². The molecule has 13 nitrogen and oxygen atoms in total. The third kappa shape index (κ3) is 7.28. The minimum atomic E-state index is -0.968. The monoisotopic (exact) mass is 803 g/mol. The van der Waals surface area contributed by atoms with Crippen molar-refractivity contribution < 1.29 is 28.7 Å². The summed E-state index contributed by atoms with van der Waals surface area (Å²) in [5.41, 5.74) is 5.05. The molecule has 5 heterocycles. The second kappa shape index (κ2) is 15.7. The van der Waals surface area contributed by atoms with Gasteiger partial charge >= 0.3 is 0 Å². The van der Waals surface area contributed by atoms with Crippen LogP contribution < -0.4 is 19.9 Å². The number of nitriles is 1. The number of hydrogen-bond donors (Lipinski definition) is 1. The van der Waals surface area contributed by atoms with Crippen LogP contribution >= 0.6 is 11.6 Å². The normalized spacial score (nSPS) is 24.2. The van der Waals surface area contributed by atoms with Gasteiger partial charge in [-0.1, -0.05) is 11.6 Å². The van der Waals surface area contributed by atoms with Gasteiger partial charge in [0.25, 0.3) is 17.7 Å². The van der Waals surface area contributed by atoms with E-state index in [4.69, 9.17) is 21.6 Å². The van der Waals surface area contributed by atoms with E-state index in [0.29, 0.717) is 39.9 Å². The fraction of sp³-hybridized carbons (Fsp3) is 0.455. The molecule has 6 aliphatic rings. The average Bonchev–Trinajstić information content (AvgIpc) is 3.69. The molecule has 58 heavy (non-hydrogen) atoms. The maximum Gasteiger partial charge on any atom is 0.262 e. The Balaban J connectivity index is 0.730. The van der Waals surface area contributed by atoms with Gasteiger partial charge in [-0.15, -0.1) is 0 Å². The number of halogens is 1. The minimum absolute atomic E-state index is 0.0546. The van der Waals surface area contributed by atoms with E-state index in [1.807, 2.05) is 12.1 Å².